The van der Waals surface area contributed by atoms with Crippen LogP contribution in [0.15, 0.2) is 12.4 Å². The van der Waals surface area contributed by atoms with Gasteiger partial charge in [-0.25, -0.2) is 4.98 Å². The second-order valence-electron chi connectivity index (χ2n) is 6.84. The number of rotatable bonds is 5. The van der Waals surface area contributed by atoms with Crippen LogP contribution in [0.2, 0.25) is 0 Å². The van der Waals surface area contributed by atoms with Crippen molar-refractivity contribution < 1.29 is 9.53 Å². The molecular weight excluding hydrogens is 304 g/mol. The Kier molecular flexibility index (Phi) is 5.89. The molecule has 1 N–H and O–H groups in total. The van der Waals surface area contributed by atoms with Crippen molar-refractivity contribution in [2.24, 2.45) is 0 Å². The molecule has 3 rings (SSSR count). The molecule has 6 nitrogen and oxygen atoms in total. The zero-order valence-corrected chi connectivity index (χ0v) is 14.9. The Morgan fingerprint density at radius 2 is 2.29 bits per heavy atom. The molecule has 1 aromatic heterocycles. The van der Waals surface area contributed by atoms with Gasteiger partial charge in [0.25, 0.3) is 0 Å². The van der Waals surface area contributed by atoms with Gasteiger partial charge in [0, 0.05) is 32.0 Å². The molecular formula is C18H30N4O2. The third kappa shape index (κ3) is 3.64. The maximum atomic E-state index is 13.3. The smallest absolute Gasteiger partial charge is 0.240 e. The second-order valence-corrected chi connectivity index (χ2v) is 6.84. The van der Waals surface area contributed by atoms with Gasteiger partial charge in [0.1, 0.15) is 5.82 Å². The third-order valence-electron chi connectivity index (χ3n) is 5.36. The van der Waals surface area contributed by atoms with Crippen LogP contribution in [0.25, 0.3) is 0 Å². The number of carbonyl (C=O) groups excluding carboxylic acids is 1. The molecule has 134 valence electrons. The SMILES string of the molecule is CC[C@@H]1CN([C@@H](CC)C(=O)N2CCCC[C@H]2c2ncc[nH]2)CCO1. The maximum Gasteiger partial charge on any atom is 0.240 e. The zero-order valence-electron chi connectivity index (χ0n) is 14.9. The summed E-state index contributed by atoms with van der Waals surface area (Å²) >= 11 is 0. The Morgan fingerprint density at radius 1 is 1.42 bits per heavy atom. The number of H-pyrrole nitrogens is 1. The molecule has 0 aromatic carbocycles. The minimum Gasteiger partial charge on any atom is -0.376 e. The monoisotopic (exact) mass is 334 g/mol. The molecule has 0 spiro atoms. The molecule has 3 atom stereocenters. The molecule has 1 amide bonds. The summed E-state index contributed by atoms with van der Waals surface area (Å²) in [5, 5.41) is 0. The number of morpholine rings is 1. The van der Waals surface area contributed by atoms with E-state index >= 15 is 0 Å². The fraction of sp³-hybridized carbons (Fsp3) is 0.778. The molecule has 0 aliphatic carbocycles. The van der Waals surface area contributed by atoms with Crippen molar-refractivity contribution in [3.8, 4) is 0 Å². The van der Waals surface area contributed by atoms with Gasteiger partial charge in [0.15, 0.2) is 0 Å². The number of likely N-dealkylation sites (tertiary alicyclic amines) is 1. The van der Waals surface area contributed by atoms with E-state index in [2.05, 4.69) is 33.6 Å². The molecule has 0 saturated carbocycles. The first-order valence-corrected chi connectivity index (χ1v) is 9.40. The fourth-order valence-corrected chi connectivity index (χ4v) is 3.99. The number of ether oxygens (including phenoxy) is 1. The van der Waals surface area contributed by atoms with Crippen LogP contribution in [0.4, 0.5) is 0 Å². The highest BCUT2D eigenvalue weighted by atomic mass is 16.5. The van der Waals surface area contributed by atoms with Crippen molar-refractivity contribution in [3.05, 3.63) is 18.2 Å². The fourth-order valence-electron chi connectivity index (χ4n) is 3.99. The van der Waals surface area contributed by atoms with Gasteiger partial charge >= 0.3 is 0 Å². The van der Waals surface area contributed by atoms with Crippen LogP contribution in [0.1, 0.15) is 57.8 Å². The van der Waals surface area contributed by atoms with E-state index < -0.39 is 0 Å². The Bertz CT molecular complexity index is 519. The van der Waals surface area contributed by atoms with Crippen LogP contribution in [-0.4, -0.2) is 64.1 Å². The highest BCUT2D eigenvalue weighted by Gasteiger charge is 2.36. The van der Waals surface area contributed by atoms with Crippen molar-refractivity contribution >= 4 is 5.91 Å². The Labute approximate surface area is 144 Å². The molecule has 6 heteroatoms. The lowest BCUT2D eigenvalue weighted by Gasteiger charge is -2.42. The lowest BCUT2D eigenvalue weighted by molar-refractivity contribution is -0.144. The number of hydrogen-bond acceptors (Lipinski definition) is 4. The zero-order chi connectivity index (χ0) is 16.9. The molecule has 2 aliphatic rings. The molecule has 2 saturated heterocycles. The summed E-state index contributed by atoms with van der Waals surface area (Å²) in [6.07, 6.45) is 8.95. The summed E-state index contributed by atoms with van der Waals surface area (Å²) < 4.78 is 5.78. The topological polar surface area (TPSA) is 61.5 Å². The van der Waals surface area contributed by atoms with Crippen LogP contribution in [-0.2, 0) is 9.53 Å². The van der Waals surface area contributed by atoms with Gasteiger partial charge in [-0.3, -0.25) is 9.69 Å². The van der Waals surface area contributed by atoms with Gasteiger partial charge in [-0.05, 0) is 32.1 Å². The molecule has 24 heavy (non-hydrogen) atoms. The summed E-state index contributed by atoms with van der Waals surface area (Å²) in [5.41, 5.74) is 0. The van der Waals surface area contributed by atoms with Crippen LogP contribution in [0.5, 0.6) is 0 Å². The number of amides is 1. The van der Waals surface area contributed by atoms with E-state index in [0.29, 0.717) is 0 Å². The van der Waals surface area contributed by atoms with Gasteiger partial charge in [-0.15, -0.1) is 0 Å². The van der Waals surface area contributed by atoms with Crippen molar-refractivity contribution in [2.75, 3.05) is 26.2 Å². The third-order valence-corrected chi connectivity index (χ3v) is 5.36. The predicted molar refractivity (Wildman–Crippen MR) is 92.6 cm³/mol. The van der Waals surface area contributed by atoms with Gasteiger partial charge in [-0.1, -0.05) is 13.8 Å². The number of piperidine rings is 1. The van der Waals surface area contributed by atoms with E-state index in [1.165, 1.54) is 0 Å². The predicted octanol–water partition coefficient (Wildman–Crippen LogP) is 2.35. The summed E-state index contributed by atoms with van der Waals surface area (Å²) in [5.74, 6) is 1.18. The van der Waals surface area contributed by atoms with Gasteiger partial charge in [0.05, 0.1) is 24.8 Å². The van der Waals surface area contributed by atoms with E-state index in [-0.39, 0.29) is 24.1 Å². The van der Waals surface area contributed by atoms with Crippen molar-refractivity contribution in [1.82, 2.24) is 19.8 Å². The first-order chi connectivity index (χ1) is 11.7. The number of carbonyl (C=O) groups is 1. The minimum absolute atomic E-state index is 0.0430. The molecule has 0 unspecified atom stereocenters. The lowest BCUT2D eigenvalue weighted by atomic mass is 9.99. The summed E-state index contributed by atoms with van der Waals surface area (Å²) in [6.45, 7) is 7.53. The van der Waals surface area contributed by atoms with Gasteiger partial charge in [-0.2, -0.15) is 0 Å². The first kappa shape index (κ1) is 17.4. The highest BCUT2D eigenvalue weighted by molar-refractivity contribution is 5.82. The van der Waals surface area contributed by atoms with Crippen molar-refractivity contribution in [2.45, 2.75) is 64.1 Å². The number of aromatic amines is 1. The molecule has 3 heterocycles. The van der Waals surface area contributed by atoms with E-state index in [4.69, 9.17) is 4.74 Å². The summed E-state index contributed by atoms with van der Waals surface area (Å²) in [4.78, 5) is 25.3. The van der Waals surface area contributed by atoms with Crippen LogP contribution >= 0.6 is 0 Å². The number of nitrogens with one attached hydrogen (secondary N) is 1. The minimum atomic E-state index is -0.0430. The quantitative estimate of drug-likeness (QED) is 0.898. The van der Waals surface area contributed by atoms with E-state index in [1.807, 2.05) is 6.20 Å². The largest absolute Gasteiger partial charge is 0.376 e. The number of nitrogens with zero attached hydrogens (tertiary/aromatic N) is 3. The molecule has 1 aromatic rings. The van der Waals surface area contributed by atoms with Crippen LogP contribution < -0.4 is 0 Å². The maximum absolute atomic E-state index is 13.3. The van der Waals surface area contributed by atoms with E-state index in [9.17, 15) is 4.79 Å². The highest BCUT2D eigenvalue weighted by Crippen LogP contribution is 2.30. The Morgan fingerprint density at radius 3 is 3.00 bits per heavy atom. The van der Waals surface area contributed by atoms with E-state index in [0.717, 1.165) is 64.2 Å². The van der Waals surface area contributed by atoms with Gasteiger partial charge < -0.3 is 14.6 Å². The second kappa shape index (κ2) is 8.12. The Balaban J connectivity index is 1.74. The molecule has 0 radical (unpaired) electrons. The van der Waals surface area contributed by atoms with Crippen molar-refractivity contribution in [1.29, 1.82) is 0 Å². The standard InChI is InChI=1S/C18H30N4O2/c1-3-14-13-21(11-12-24-14)15(4-2)18(23)22-10-6-5-7-16(22)17-19-8-9-20-17/h8-9,14-16H,3-7,10-13H2,1-2H3,(H,19,20)/t14-,15+,16+/m1/s1. The van der Waals surface area contributed by atoms with E-state index in [1.54, 1.807) is 6.20 Å². The average Bonchev–Trinajstić information content (AvgIpc) is 3.17. The first-order valence-electron chi connectivity index (χ1n) is 9.40. The molecule has 2 aliphatic heterocycles. The van der Waals surface area contributed by atoms with Gasteiger partial charge in [0.2, 0.25) is 5.91 Å². The molecule has 0 bridgehead atoms. The number of aromatic nitrogens is 2. The Hall–Kier alpha value is -1.40. The van der Waals surface area contributed by atoms with Crippen LogP contribution in [0.3, 0.4) is 0 Å². The normalized spacial score (nSPS) is 27.2. The average molecular weight is 334 g/mol. The number of imidazole rings is 1. The van der Waals surface area contributed by atoms with Crippen molar-refractivity contribution in [3.63, 3.8) is 0 Å². The summed E-state index contributed by atoms with van der Waals surface area (Å²) in [6, 6.07) is 0.0526. The lowest BCUT2D eigenvalue weighted by Crippen LogP contribution is -2.55. The molecule has 2 fully saturated rings. The van der Waals surface area contributed by atoms with Crippen LogP contribution in [0, 0.1) is 0 Å². The number of hydrogen-bond donors (Lipinski definition) is 1. The summed E-state index contributed by atoms with van der Waals surface area (Å²) in [7, 11) is 0.